The summed E-state index contributed by atoms with van der Waals surface area (Å²) in [6.07, 6.45) is 0. The number of amides is 2. The van der Waals surface area contributed by atoms with Gasteiger partial charge in [0.1, 0.15) is 22.8 Å². The first-order valence-corrected chi connectivity index (χ1v) is 9.26. The number of nitrogens with zero attached hydrogens (tertiary/aromatic N) is 3. The van der Waals surface area contributed by atoms with Crippen LogP contribution < -0.4 is 4.90 Å². The number of Topliss-reactive ketones (excluding diaryl/α,β-unsaturated/α-hetero) is 2. The van der Waals surface area contributed by atoms with E-state index in [1.807, 2.05) is 0 Å². The summed E-state index contributed by atoms with van der Waals surface area (Å²) in [7, 11) is 0. The van der Waals surface area contributed by atoms with Gasteiger partial charge in [0.2, 0.25) is 0 Å². The lowest BCUT2D eigenvalue weighted by atomic mass is 10.2. The Bertz CT molecular complexity index is 1110. The molecule has 30 heavy (non-hydrogen) atoms. The van der Waals surface area contributed by atoms with Gasteiger partial charge in [-0.3, -0.25) is 19.2 Å². The number of halogens is 1. The lowest BCUT2D eigenvalue weighted by Gasteiger charge is -2.21. The highest BCUT2D eigenvalue weighted by atomic mass is 35.5. The maximum absolute atomic E-state index is 13.3. The smallest absolute Gasteiger partial charge is 0.283 e. The Morgan fingerprint density at radius 1 is 0.700 bits per heavy atom. The molecule has 150 valence electrons. The Morgan fingerprint density at radius 3 is 1.57 bits per heavy atom. The van der Waals surface area contributed by atoms with Crippen molar-refractivity contribution in [3.63, 3.8) is 0 Å². The third-order valence-electron chi connectivity index (χ3n) is 4.13. The highest BCUT2D eigenvalue weighted by molar-refractivity contribution is 6.31. The van der Waals surface area contributed by atoms with Gasteiger partial charge in [0, 0.05) is 18.9 Å². The topological polar surface area (TPSA) is 97.3 Å². The number of anilines is 1. The molecule has 0 saturated carbocycles. The van der Waals surface area contributed by atoms with Crippen LogP contribution in [0, 0.1) is 0 Å². The van der Waals surface area contributed by atoms with E-state index in [1.165, 1.54) is 62.4 Å². The van der Waals surface area contributed by atoms with Gasteiger partial charge in [-0.05, 0) is 42.5 Å². The van der Waals surface area contributed by atoms with E-state index < -0.39 is 11.8 Å². The second-order valence-corrected chi connectivity index (χ2v) is 6.79. The van der Waals surface area contributed by atoms with Crippen LogP contribution in [0.2, 0.25) is 5.02 Å². The SMILES string of the molecule is CC(=O)c1cccc(C(=O)N(C(=O)c2cccc(C(C)=O)n2)c2cccc(Cl)c2)n1. The van der Waals surface area contributed by atoms with Crippen molar-refractivity contribution >= 4 is 40.7 Å². The number of carbonyl (C=O) groups excluding carboxylic acids is 4. The number of imide groups is 1. The van der Waals surface area contributed by atoms with Gasteiger partial charge in [0.05, 0.1) is 5.69 Å². The van der Waals surface area contributed by atoms with Crippen LogP contribution in [0.1, 0.15) is 55.8 Å². The monoisotopic (exact) mass is 421 g/mol. The van der Waals surface area contributed by atoms with Gasteiger partial charge in [0.25, 0.3) is 11.8 Å². The lowest BCUT2D eigenvalue weighted by Crippen LogP contribution is -2.38. The van der Waals surface area contributed by atoms with Crippen LogP contribution in [0.5, 0.6) is 0 Å². The van der Waals surface area contributed by atoms with E-state index in [2.05, 4.69) is 9.97 Å². The van der Waals surface area contributed by atoms with Crippen LogP contribution in [0.15, 0.2) is 60.7 Å². The molecule has 0 radical (unpaired) electrons. The maximum atomic E-state index is 13.3. The van der Waals surface area contributed by atoms with Crippen LogP contribution in [0.3, 0.4) is 0 Å². The Kier molecular flexibility index (Phi) is 6.13. The number of benzene rings is 1. The summed E-state index contributed by atoms with van der Waals surface area (Å²) in [6, 6.07) is 14.9. The van der Waals surface area contributed by atoms with Gasteiger partial charge in [-0.15, -0.1) is 0 Å². The first-order chi connectivity index (χ1) is 14.3. The number of ketones is 2. The Hall–Kier alpha value is -3.71. The van der Waals surface area contributed by atoms with Crippen molar-refractivity contribution in [3.05, 3.63) is 88.5 Å². The van der Waals surface area contributed by atoms with Gasteiger partial charge in [-0.1, -0.05) is 29.8 Å². The largest absolute Gasteiger partial charge is 0.293 e. The molecule has 8 heteroatoms. The normalized spacial score (nSPS) is 10.4. The van der Waals surface area contributed by atoms with Gasteiger partial charge in [0.15, 0.2) is 11.6 Å². The number of rotatable bonds is 5. The van der Waals surface area contributed by atoms with Crippen molar-refractivity contribution in [1.29, 1.82) is 0 Å². The van der Waals surface area contributed by atoms with Crippen molar-refractivity contribution < 1.29 is 19.2 Å². The second kappa shape index (κ2) is 8.75. The Morgan fingerprint density at radius 2 is 1.13 bits per heavy atom. The minimum absolute atomic E-state index is 0.0936. The number of hydrogen-bond acceptors (Lipinski definition) is 6. The summed E-state index contributed by atoms with van der Waals surface area (Å²) >= 11 is 6.05. The molecule has 3 aromatic rings. The van der Waals surface area contributed by atoms with Crippen LogP contribution in [0.4, 0.5) is 5.69 Å². The van der Waals surface area contributed by atoms with E-state index in [4.69, 9.17) is 11.6 Å². The molecular weight excluding hydrogens is 406 g/mol. The number of aromatic nitrogens is 2. The van der Waals surface area contributed by atoms with Crippen molar-refractivity contribution in [2.75, 3.05) is 4.90 Å². The molecule has 0 atom stereocenters. The fourth-order valence-electron chi connectivity index (χ4n) is 2.67. The fraction of sp³-hybridized carbons (Fsp3) is 0.0909. The van der Waals surface area contributed by atoms with E-state index >= 15 is 0 Å². The number of pyridine rings is 2. The quantitative estimate of drug-likeness (QED) is 0.456. The molecule has 0 aliphatic heterocycles. The number of carbonyl (C=O) groups is 4. The molecule has 0 bridgehead atoms. The Labute approximate surface area is 177 Å². The van der Waals surface area contributed by atoms with Gasteiger partial charge in [-0.25, -0.2) is 14.9 Å². The average molecular weight is 422 g/mol. The third-order valence-corrected chi connectivity index (χ3v) is 4.37. The minimum Gasteiger partial charge on any atom is -0.293 e. The van der Waals surface area contributed by atoms with Crippen molar-refractivity contribution in [3.8, 4) is 0 Å². The standard InChI is InChI=1S/C22H16ClN3O4/c1-13(27)17-8-4-10-19(24-17)21(29)26(16-7-3-6-15(23)12-16)22(30)20-11-5-9-18(25-20)14(2)28/h3-12H,1-2H3. The molecule has 0 spiro atoms. The molecular formula is C22H16ClN3O4. The lowest BCUT2D eigenvalue weighted by molar-refractivity contribution is 0.0892. The number of hydrogen-bond donors (Lipinski definition) is 0. The summed E-state index contributed by atoms with van der Waals surface area (Å²) in [5.41, 5.74) is 0.187. The molecule has 0 N–H and O–H groups in total. The summed E-state index contributed by atoms with van der Waals surface area (Å²) in [5.74, 6) is -2.16. The van der Waals surface area contributed by atoms with Gasteiger partial charge in [-0.2, -0.15) is 0 Å². The van der Waals surface area contributed by atoms with E-state index in [1.54, 1.807) is 12.1 Å². The summed E-state index contributed by atoms with van der Waals surface area (Å²) in [5, 5.41) is 0.314. The van der Waals surface area contributed by atoms with Crippen molar-refractivity contribution in [2.24, 2.45) is 0 Å². The van der Waals surface area contributed by atoms with Crippen LogP contribution >= 0.6 is 11.6 Å². The van der Waals surface area contributed by atoms with Crippen LogP contribution in [-0.2, 0) is 0 Å². The minimum atomic E-state index is -0.764. The molecule has 7 nitrogen and oxygen atoms in total. The van der Waals surface area contributed by atoms with Crippen LogP contribution in [0.25, 0.3) is 0 Å². The van der Waals surface area contributed by atoms with E-state index in [9.17, 15) is 19.2 Å². The first-order valence-electron chi connectivity index (χ1n) is 8.88. The fourth-order valence-corrected chi connectivity index (χ4v) is 2.86. The zero-order chi connectivity index (χ0) is 21.8. The third kappa shape index (κ3) is 4.47. The Balaban J connectivity index is 2.12. The molecule has 0 saturated heterocycles. The second-order valence-electron chi connectivity index (χ2n) is 6.35. The van der Waals surface area contributed by atoms with E-state index in [-0.39, 0.29) is 40.0 Å². The van der Waals surface area contributed by atoms with Gasteiger partial charge >= 0.3 is 0 Å². The molecule has 2 heterocycles. The first kappa shape index (κ1) is 21.0. The van der Waals surface area contributed by atoms with Gasteiger partial charge < -0.3 is 0 Å². The molecule has 0 aliphatic carbocycles. The van der Waals surface area contributed by atoms with E-state index in [0.29, 0.717) is 5.02 Å². The van der Waals surface area contributed by atoms with Crippen molar-refractivity contribution in [1.82, 2.24) is 9.97 Å². The highest BCUT2D eigenvalue weighted by Crippen LogP contribution is 2.23. The highest BCUT2D eigenvalue weighted by Gasteiger charge is 2.28. The molecule has 0 aliphatic rings. The summed E-state index contributed by atoms with van der Waals surface area (Å²) in [6.45, 7) is 2.65. The zero-order valence-corrected chi connectivity index (χ0v) is 16.9. The summed E-state index contributed by atoms with van der Waals surface area (Å²) < 4.78 is 0. The summed E-state index contributed by atoms with van der Waals surface area (Å²) in [4.78, 5) is 58.8. The molecule has 0 fully saturated rings. The predicted octanol–water partition coefficient (Wildman–Crippen LogP) is 4.02. The molecule has 2 aromatic heterocycles. The van der Waals surface area contributed by atoms with Crippen LogP contribution in [-0.4, -0.2) is 33.3 Å². The van der Waals surface area contributed by atoms with E-state index in [0.717, 1.165) is 4.90 Å². The predicted molar refractivity (Wildman–Crippen MR) is 111 cm³/mol. The van der Waals surface area contributed by atoms with Crippen molar-refractivity contribution in [2.45, 2.75) is 13.8 Å². The maximum Gasteiger partial charge on any atom is 0.283 e. The average Bonchev–Trinajstić information content (AvgIpc) is 2.74. The zero-order valence-electron chi connectivity index (χ0n) is 16.1. The molecule has 1 aromatic carbocycles. The molecule has 0 unspecified atom stereocenters. The molecule has 3 rings (SSSR count). The molecule has 2 amide bonds.